The molecule has 0 bridgehead atoms. The van der Waals surface area contributed by atoms with E-state index < -0.39 is 11.6 Å². The monoisotopic (exact) mass is 313 g/mol. The first-order chi connectivity index (χ1) is 9.88. The summed E-state index contributed by atoms with van der Waals surface area (Å²) in [6.45, 7) is 4.12. The summed E-state index contributed by atoms with van der Waals surface area (Å²) in [5, 5.41) is 0. The Balaban J connectivity index is 2.01. The summed E-state index contributed by atoms with van der Waals surface area (Å²) >= 11 is 4.96. The quantitative estimate of drug-likeness (QED) is 0.857. The Morgan fingerprint density at radius 1 is 1.19 bits per heavy atom. The number of benzene rings is 1. The van der Waals surface area contributed by atoms with Crippen LogP contribution in [0.25, 0.3) is 0 Å². The van der Waals surface area contributed by atoms with Gasteiger partial charge in [0.1, 0.15) is 11.6 Å². The van der Waals surface area contributed by atoms with Gasteiger partial charge in [0.2, 0.25) is 0 Å². The number of rotatable bonds is 3. The van der Waals surface area contributed by atoms with Gasteiger partial charge in [-0.25, -0.2) is 8.78 Å². The molecule has 1 aliphatic heterocycles. The molecule has 0 saturated carbocycles. The number of carbonyl (C=O) groups is 1. The van der Waals surface area contributed by atoms with E-state index in [1.165, 1.54) is 0 Å². The predicted octanol–water partition coefficient (Wildman–Crippen LogP) is 1.40. The lowest BCUT2D eigenvalue weighted by atomic mass is 10.1. The van der Waals surface area contributed by atoms with Gasteiger partial charge in [-0.1, -0.05) is 12.2 Å². The smallest absolute Gasteiger partial charge is 0.254 e. The first kappa shape index (κ1) is 15.8. The van der Waals surface area contributed by atoms with Gasteiger partial charge in [-0.2, -0.15) is 0 Å². The second-order valence-corrected chi connectivity index (χ2v) is 5.54. The van der Waals surface area contributed by atoms with E-state index in [-0.39, 0.29) is 17.5 Å². The molecule has 1 saturated heterocycles. The average Bonchev–Trinajstić information content (AvgIpc) is 2.44. The van der Waals surface area contributed by atoms with Crippen LogP contribution in [0.15, 0.2) is 18.2 Å². The first-order valence-corrected chi connectivity index (χ1v) is 7.08. The summed E-state index contributed by atoms with van der Waals surface area (Å²) in [5.41, 5.74) is 5.64. The molecule has 114 valence electrons. The van der Waals surface area contributed by atoms with Gasteiger partial charge in [0.15, 0.2) is 0 Å². The molecule has 0 aliphatic carbocycles. The maximum Gasteiger partial charge on any atom is 0.254 e. The summed E-state index contributed by atoms with van der Waals surface area (Å²) < 4.78 is 26.3. The lowest BCUT2D eigenvalue weighted by Gasteiger charge is -2.37. The minimum Gasteiger partial charge on any atom is -0.392 e. The third kappa shape index (κ3) is 3.74. The van der Waals surface area contributed by atoms with E-state index in [0.29, 0.717) is 31.2 Å². The summed E-state index contributed by atoms with van der Waals surface area (Å²) in [4.78, 5) is 16.3. The van der Waals surface area contributed by atoms with Crippen LogP contribution in [-0.2, 0) is 0 Å². The van der Waals surface area contributed by atoms with Gasteiger partial charge in [0.25, 0.3) is 5.91 Å². The molecule has 4 nitrogen and oxygen atoms in total. The summed E-state index contributed by atoms with van der Waals surface area (Å²) in [6, 6.07) is 2.83. The molecule has 1 fully saturated rings. The topological polar surface area (TPSA) is 49.6 Å². The second-order valence-electron chi connectivity index (χ2n) is 5.06. The normalized spacial score (nSPS) is 17.6. The fraction of sp³-hybridized carbons (Fsp3) is 0.429. The van der Waals surface area contributed by atoms with Crippen LogP contribution in [-0.4, -0.2) is 52.9 Å². The molecule has 1 amide bonds. The molecule has 0 radical (unpaired) electrons. The number of hydrogen-bond acceptors (Lipinski definition) is 3. The number of carbonyl (C=O) groups excluding carboxylic acids is 1. The second kappa shape index (κ2) is 6.44. The summed E-state index contributed by atoms with van der Waals surface area (Å²) in [6.07, 6.45) is 0. The van der Waals surface area contributed by atoms with E-state index in [1.54, 1.807) is 4.90 Å². The number of thiocarbonyl (C=S) groups is 1. The van der Waals surface area contributed by atoms with Crippen LogP contribution < -0.4 is 5.73 Å². The molecule has 1 aromatic carbocycles. The van der Waals surface area contributed by atoms with Crippen molar-refractivity contribution in [1.82, 2.24) is 9.80 Å². The van der Waals surface area contributed by atoms with Crippen molar-refractivity contribution in [3.8, 4) is 0 Å². The third-order valence-electron chi connectivity index (χ3n) is 3.67. The number of hydrogen-bond donors (Lipinski definition) is 1. The van der Waals surface area contributed by atoms with Crippen molar-refractivity contribution in [1.29, 1.82) is 0 Å². The van der Waals surface area contributed by atoms with Crippen LogP contribution in [0.2, 0.25) is 0 Å². The zero-order chi connectivity index (χ0) is 15.6. The van der Waals surface area contributed by atoms with E-state index in [2.05, 4.69) is 4.90 Å². The number of nitrogens with two attached hydrogens (primary N) is 1. The summed E-state index contributed by atoms with van der Waals surface area (Å²) in [5.74, 6) is -1.87. The van der Waals surface area contributed by atoms with Crippen LogP contribution in [0.1, 0.15) is 17.3 Å². The third-order valence-corrected chi connectivity index (χ3v) is 4.01. The lowest BCUT2D eigenvalue weighted by Crippen LogP contribution is -2.53. The Morgan fingerprint density at radius 3 is 2.19 bits per heavy atom. The molecule has 1 atom stereocenters. The van der Waals surface area contributed by atoms with Crippen molar-refractivity contribution < 1.29 is 13.6 Å². The SMILES string of the molecule is CC(C(N)=S)N1CCN(C(=O)c2cc(F)cc(F)c2)CC1. The highest BCUT2D eigenvalue weighted by Crippen LogP contribution is 2.13. The maximum absolute atomic E-state index is 13.2. The van der Waals surface area contributed by atoms with Gasteiger partial charge < -0.3 is 10.6 Å². The molecular weight excluding hydrogens is 296 g/mol. The van der Waals surface area contributed by atoms with E-state index in [4.69, 9.17) is 18.0 Å². The Kier molecular flexibility index (Phi) is 4.84. The molecule has 2 rings (SSSR count). The largest absolute Gasteiger partial charge is 0.392 e. The van der Waals surface area contributed by atoms with Crippen molar-refractivity contribution >= 4 is 23.1 Å². The highest BCUT2D eigenvalue weighted by Gasteiger charge is 2.26. The van der Waals surface area contributed by atoms with Crippen molar-refractivity contribution in [2.75, 3.05) is 26.2 Å². The standard InChI is InChI=1S/C14H17F2N3OS/c1-9(13(17)21)18-2-4-19(5-3-18)14(20)10-6-11(15)8-12(16)7-10/h6-9H,2-5H2,1H3,(H2,17,21). The molecule has 0 spiro atoms. The first-order valence-electron chi connectivity index (χ1n) is 6.67. The Hall–Kier alpha value is -1.60. The van der Waals surface area contributed by atoms with Gasteiger partial charge in [-0.15, -0.1) is 0 Å². The van der Waals surface area contributed by atoms with Crippen LogP contribution in [0.4, 0.5) is 8.78 Å². The Morgan fingerprint density at radius 2 is 1.71 bits per heavy atom. The van der Waals surface area contributed by atoms with Gasteiger partial charge in [0, 0.05) is 37.8 Å². The van der Waals surface area contributed by atoms with Crippen molar-refractivity contribution in [3.63, 3.8) is 0 Å². The zero-order valence-electron chi connectivity index (χ0n) is 11.7. The number of piperazine rings is 1. The molecule has 0 aromatic heterocycles. The van der Waals surface area contributed by atoms with Gasteiger partial charge in [0.05, 0.1) is 11.0 Å². The highest BCUT2D eigenvalue weighted by atomic mass is 32.1. The average molecular weight is 313 g/mol. The summed E-state index contributed by atoms with van der Waals surface area (Å²) in [7, 11) is 0. The molecule has 1 aliphatic rings. The zero-order valence-corrected chi connectivity index (χ0v) is 12.5. The molecule has 1 heterocycles. The molecule has 21 heavy (non-hydrogen) atoms. The van der Waals surface area contributed by atoms with E-state index in [0.717, 1.165) is 18.2 Å². The maximum atomic E-state index is 13.2. The van der Waals surface area contributed by atoms with Crippen LogP contribution in [0.3, 0.4) is 0 Å². The van der Waals surface area contributed by atoms with Gasteiger partial charge in [-0.3, -0.25) is 9.69 Å². The molecule has 1 aromatic rings. The fourth-order valence-electron chi connectivity index (χ4n) is 2.35. The van der Waals surface area contributed by atoms with E-state index >= 15 is 0 Å². The van der Waals surface area contributed by atoms with Crippen LogP contribution in [0, 0.1) is 11.6 Å². The number of halogens is 2. The van der Waals surface area contributed by atoms with Gasteiger partial charge >= 0.3 is 0 Å². The fourth-order valence-corrected chi connectivity index (χ4v) is 2.50. The van der Waals surface area contributed by atoms with Crippen molar-refractivity contribution in [3.05, 3.63) is 35.4 Å². The van der Waals surface area contributed by atoms with E-state index in [9.17, 15) is 13.6 Å². The highest BCUT2D eigenvalue weighted by molar-refractivity contribution is 7.80. The Labute approximate surface area is 127 Å². The number of nitrogens with zero attached hydrogens (tertiary/aromatic N) is 2. The molecule has 2 N–H and O–H groups in total. The van der Waals surface area contributed by atoms with Gasteiger partial charge in [-0.05, 0) is 19.1 Å². The number of amides is 1. The minimum atomic E-state index is -0.751. The van der Waals surface area contributed by atoms with Crippen molar-refractivity contribution in [2.24, 2.45) is 5.73 Å². The van der Waals surface area contributed by atoms with Crippen molar-refractivity contribution in [2.45, 2.75) is 13.0 Å². The van der Waals surface area contributed by atoms with Crippen LogP contribution >= 0.6 is 12.2 Å². The molecular formula is C14H17F2N3OS. The Bertz CT molecular complexity index is 539. The predicted molar refractivity (Wildman–Crippen MR) is 80.1 cm³/mol. The molecule has 1 unspecified atom stereocenters. The lowest BCUT2D eigenvalue weighted by molar-refractivity contribution is 0.0620. The van der Waals surface area contributed by atoms with E-state index in [1.807, 2.05) is 6.92 Å². The minimum absolute atomic E-state index is 0.0242. The molecule has 7 heteroatoms. The van der Waals surface area contributed by atoms with Crippen LogP contribution in [0.5, 0.6) is 0 Å².